The maximum atomic E-state index is 6.15. The molecule has 3 rings (SSSR count). The monoisotopic (exact) mass is 339 g/mol. The molecule has 0 saturated heterocycles. The first-order valence-corrected chi connectivity index (χ1v) is 7.14. The van der Waals surface area contributed by atoms with Gasteiger partial charge in [0.05, 0.1) is 5.02 Å². The number of hydrogen-bond donors (Lipinski definition) is 0. The smallest absolute Gasteiger partial charge is 0.170 e. The van der Waals surface area contributed by atoms with Crippen molar-refractivity contribution in [3.63, 3.8) is 0 Å². The Morgan fingerprint density at radius 2 is 2.11 bits per heavy atom. The second-order valence-corrected chi connectivity index (χ2v) is 5.81. The van der Waals surface area contributed by atoms with Crippen molar-refractivity contribution in [3.8, 4) is 0 Å². The summed E-state index contributed by atoms with van der Waals surface area (Å²) in [5.41, 5.74) is 0.822. The summed E-state index contributed by atoms with van der Waals surface area (Å²) in [6.45, 7) is 0. The predicted molar refractivity (Wildman–Crippen MR) is 76.3 cm³/mol. The van der Waals surface area contributed by atoms with Crippen LogP contribution in [0, 0.1) is 0 Å². The van der Waals surface area contributed by atoms with E-state index in [1.807, 2.05) is 41.1 Å². The van der Waals surface area contributed by atoms with Crippen molar-refractivity contribution in [2.75, 3.05) is 0 Å². The molecular weight excluding hydrogens is 334 g/mol. The van der Waals surface area contributed by atoms with Crippen LogP contribution in [0.25, 0.3) is 5.65 Å². The number of imidazole rings is 1. The summed E-state index contributed by atoms with van der Waals surface area (Å²) in [5, 5.41) is 1.54. The van der Waals surface area contributed by atoms with Gasteiger partial charge in [-0.3, -0.25) is 0 Å². The largest absolute Gasteiger partial charge is 0.302 e. The maximum absolute atomic E-state index is 6.15. The summed E-state index contributed by atoms with van der Waals surface area (Å²) in [6.07, 6.45) is 5.51. The van der Waals surface area contributed by atoms with Gasteiger partial charge < -0.3 is 4.40 Å². The predicted octanol–water partition coefficient (Wildman–Crippen LogP) is 4.30. The van der Waals surface area contributed by atoms with Crippen LogP contribution in [0.15, 0.2) is 57.4 Å². The van der Waals surface area contributed by atoms with E-state index in [1.165, 1.54) is 11.8 Å². The lowest BCUT2D eigenvalue weighted by Gasteiger charge is -2.05. The van der Waals surface area contributed by atoms with Gasteiger partial charge in [-0.2, -0.15) is 0 Å². The zero-order valence-corrected chi connectivity index (χ0v) is 12.2. The lowest BCUT2D eigenvalue weighted by atomic mass is 10.4. The molecule has 0 amide bonds. The highest BCUT2D eigenvalue weighted by Gasteiger charge is 2.10. The standard InChI is InChI=1S/C12H7BrClN3S/c13-10-7-17-6-5-15-11(17)12(16-10)18-9-4-2-1-3-8(9)14/h1-7H. The fraction of sp³-hybridized carbons (Fsp3) is 0. The van der Waals surface area contributed by atoms with Crippen molar-refractivity contribution >= 4 is 44.9 Å². The number of halogens is 2. The van der Waals surface area contributed by atoms with Crippen molar-refractivity contribution in [1.29, 1.82) is 0 Å². The van der Waals surface area contributed by atoms with Crippen LogP contribution in [0.1, 0.15) is 0 Å². The lowest BCUT2D eigenvalue weighted by Crippen LogP contribution is -1.91. The van der Waals surface area contributed by atoms with Gasteiger partial charge in [0, 0.05) is 23.5 Å². The van der Waals surface area contributed by atoms with Crippen LogP contribution in [-0.4, -0.2) is 14.4 Å². The van der Waals surface area contributed by atoms with Crippen LogP contribution in [0.3, 0.4) is 0 Å². The Kier molecular flexibility index (Phi) is 3.28. The van der Waals surface area contributed by atoms with E-state index in [2.05, 4.69) is 25.9 Å². The Bertz CT molecular complexity index is 713. The Balaban J connectivity index is 2.10. The van der Waals surface area contributed by atoms with Gasteiger partial charge in [0.25, 0.3) is 0 Å². The van der Waals surface area contributed by atoms with Crippen LogP contribution in [0.5, 0.6) is 0 Å². The molecule has 0 atom stereocenters. The summed E-state index contributed by atoms with van der Waals surface area (Å²) in [7, 11) is 0. The Morgan fingerprint density at radius 3 is 2.94 bits per heavy atom. The highest BCUT2D eigenvalue weighted by molar-refractivity contribution is 9.10. The molecule has 0 aliphatic carbocycles. The molecule has 0 spiro atoms. The van der Waals surface area contributed by atoms with Gasteiger partial charge in [0.2, 0.25) is 0 Å². The third-order valence-corrected chi connectivity index (χ3v) is 4.22. The first-order chi connectivity index (χ1) is 8.74. The van der Waals surface area contributed by atoms with Gasteiger partial charge in [0.1, 0.15) is 9.63 Å². The molecule has 6 heteroatoms. The van der Waals surface area contributed by atoms with Gasteiger partial charge in [-0.05, 0) is 28.1 Å². The topological polar surface area (TPSA) is 30.2 Å². The highest BCUT2D eigenvalue weighted by Crippen LogP contribution is 2.34. The normalized spacial score (nSPS) is 11.0. The average Bonchev–Trinajstić information content (AvgIpc) is 2.80. The number of rotatable bonds is 2. The fourth-order valence-corrected chi connectivity index (χ4v) is 3.25. The molecule has 0 N–H and O–H groups in total. The molecule has 0 aliphatic rings. The van der Waals surface area contributed by atoms with Crippen molar-refractivity contribution in [2.24, 2.45) is 0 Å². The Labute approximate surface area is 121 Å². The molecule has 0 unspecified atom stereocenters. The van der Waals surface area contributed by atoms with Crippen LogP contribution in [-0.2, 0) is 0 Å². The summed E-state index contributed by atoms with van der Waals surface area (Å²) in [6, 6.07) is 7.69. The first kappa shape index (κ1) is 12.0. The van der Waals surface area contributed by atoms with E-state index in [1.54, 1.807) is 6.20 Å². The van der Waals surface area contributed by atoms with Crippen molar-refractivity contribution < 1.29 is 0 Å². The molecule has 18 heavy (non-hydrogen) atoms. The van der Waals surface area contributed by atoms with E-state index in [0.717, 1.165) is 20.2 Å². The summed E-state index contributed by atoms with van der Waals surface area (Å²) in [5.74, 6) is 0. The second kappa shape index (κ2) is 4.91. The lowest BCUT2D eigenvalue weighted by molar-refractivity contribution is 1.01. The van der Waals surface area contributed by atoms with Crippen molar-refractivity contribution in [2.45, 2.75) is 9.92 Å². The summed E-state index contributed by atoms with van der Waals surface area (Å²) < 4.78 is 2.69. The van der Waals surface area contributed by atoms with Gasteiger partial charge in [0.15, 0.2) is 5.65 Å². The second-order valence-electron chi connectivity index (χ2n) is 3.56. The van der Waals surface area contributed by atoms with E-state index in [0.29, 0.717) is 5.02 Å². The molecule has 3 nitrogen and oxygen atoms in total. The van der Waals surface area contributed by atoms with E-state index in [-0.39, 0.29) is 0 Å². The summed E-state index contributed by atoms with van der Waals surface area (Å²) in [4.78, 5) is 9.72. The molecule has 1 aromatic carbocycles. The number of fused-ring (bicyclic) bond motifs is 1. The van der Waals surface area contributed by atoms with Gasteiger partial charge in [-0.25, -0.2) is 9.97 Å². The molecule has 90 valence electrons. The SMILES string of the molecule is Clc1ccccc1Sc1nc(Br)cn2ccnc12. The molecule has 3 aromatic rings. The van der Waals surface area contributed by atoms with Crippen LogP contribution in [0.4, 0.5) is 0 Å². The van der Waals surface area contributed by atoms with E-state index < -0.39 is 0 Å². The minimum atomic E-state index is 0.717. The molecule has 0 aliphatic heterocycles. The number of benzene rings is 1. The average molecular weight is 341 g/mol. The molecular formula is C12H7BrClN3S. The van der Waals surface area contributed by atoms with Gasteiger partial charge in [-0.1, -0.05) is 35.5 Å². The minimum absolute atomic E-state index is 0.717. The zero-order chi connectivity index (χ0) is 12.5. The quantitative estimate of drug-likeness (QED) is 0.697. The van der Waals surface area contributed by atoms with Crippen molar-refractivity contribution in [3.05, 3.63) is 52.5 Å². The molecule has 0 saturated carbocycles. The van der Waals surface area contributed by atoms with Crippen molar-refractivity contribution in [1.82, 2.24) is 14.4 Å². The molecule has 0 radical (unpaired) electrons. The van der Waals surface area contributed by atoms with E-state index >= 15 is 0 Å². The van der Waals surface area contributed by atoms with Crippen LogP contribution >= 0.6 is 39.3 Å². The number of hydrogen-bond acceptors (Lipinski definition) is 3. The third-order valence-electron chi connectivity index (χ3n) is 2.36. The minimum Gasteiger partial charge on any atom is -0.302 e. The maximum Gasteiger partial charge on any atom is 0.170 e. The summed E-state index contributed by atoms with van der Waals surface area (Å²) >= 11 is 11.1. The van der Waals surface area contributed by atoms with Crippen LogP contribution < -0.4 is 0 Å². The number of nitrogens with zero attached hydrogens (tertiary/aromatic N) is 3. The molecule has 2 heterocycles. The fourth-order valence-electron chi connectivity index (χ4n) is 1.57. The zero-order valence-electron chi connectivity index (χ0n) is 9.05. The first-order valence-electron chi connectivity index (χ1n) is 5.15. The molecule has 0 fully saturated rings. The number of aromatic nitrogens is 3. The molecule has 0 bridgehead atoms. The van der Waals surface area contributed by atoms with Gasteiger partial charge >= 0.3 is 0 Å². The molecule has 2 aromatic heterocycles. The Morgan fingerprint density at radius 1 is 1.28 bits per heavy atom. The van der Waals surface area contributed by atoms with E-state index in [4.69, 9.17) is 11.6 Å². The van der Waals surface area contributed by atoms with Gasteiger partial charge in [-0.15, -0.1) is 0 Å². The van der Waals surface area contributed by atoms with Crippen LogP contribution in [0.2, 0.25) is 5.02 Å². The Hall–Kier alpha value is -1.04. The van der Waals surface area contributed by atoms with E-state index in [9.17, 15) is 0 Å². The highest BCUT2D eigenvalue weighted by atomic mass is 79.9. The third kappa shape index (κ3) is 2.25.